The maximum absolute atomic E-state index is 12.1. The van der Waals surface area contributed by atoms with Crippen LogP contribution in [0.3, 0.4) is 0 Å². The van der Waals surface area contributed by atoms with Gasteiger partial charge < -0.3 is 4.98 Å². The Morgan fingerprint density at radius 2 is 1.72 bits per heavy atom. The fourth-order valence-corrected chi connectivity index (χ4v) is 4.04. The first-order valence-corrected chi connectivity index (χ1v) is 8.24. The molecule has 0 atom stereocenters. The van der Waals surface area contributed by atoms with Gasteiger partial charge in [0.15, 0.2) is 5.16 Å². The standard InChI is InChI=1S/C12H14N2O2S2/c1-8-4-6-11(7-5-8)18(15,16)17-12-13-9(2)10(3)14-12/h4-7H,1-3H3,(H,13,14). The van der Waals surface area contributed by atoms with E-state index in [1.807, 2.05) is 20.8 Å². The molecule has 0 aliphatic carbocycles. The van der Waals surface area contributed by atoms with Gasteiger partial charge in [0, 0.05) is 16.5 Å². The number of hydrogen-bond donors (Lipinski definition) is 1. The lowest BCUT2D eigenvalue weighted by atomic mass is 10.2. The Morgan fingerprint density at radius 3 is 2.22 bits per heavy atom. The summed E-state index contributed by atoms with van der Waals surface area (Å²) in [6, 6.07) is 6.79. The number of aromatic amines is 1. The van der Waals surface area contributed by atoms with Gasteiger partial charge in [-0.05, 0) is 32.9 Å². The Balaban J connectivity index is 2.29. The smallest absolute Gasteiger partial charge is 0.237 e. The van der Waals surface area contributed by atoms with Gasteiger partial charge in [-0.2, -0.15) is 0 Å². The molecule has 0 amide bonds. The Morgan fingerprint density at radius 1 is 1.11 bits per heavy atom. The highest BCUT2D eigenvalue weighted by atomic mass is 33.1. The maximum Gasteiger partial charge on any atom is 0.237 e. The number of nitrogens with one attached hydrogen (secondary N) is 1. The van der Waals surface area contributed by atoms with E-state index in [1.54, 1.807) is 24.3 Å². The summed E-state index contributed by atoms with van der Waals surface area (Å²) in [6.45, 7) is 5.63. The average molecular weight is 282 g/mol. The summed E-state index contributed by atoms with van der Waals surface area (Å²) in [6.07, 6.45) is 0. The van der Waals surface area contributed by atoms with Gasteiger partial charge in [0.2, 0.25) is 8.87 Å². The molecule has 0 spiro atoms. The monoisotopic (exact) mass is 282 g/mol. The second-order valence-electron chi connectivity index (χ2n) is 4.10. The van der Waals surface area contributed by atoms with Gasteiger partial charge in [-0.3, -0.25) is 0 Å². The molecule has 0 radical (unpaired) electrons. The van der Waals surface area contributed by atoms with Gasteiger partial charge in [-0.1, -0.05) is 17.7 Å². The van der Waals surface area contributed by atoms with Crippen molar-refractivity contribution in [2.24, 2.45) is 0 Å². The van der Waals surface area contributed by atoms with Gasteiger partial charge in [-0.15, -0.1) is 0 Å². The first kappa shape index (κ1) is 13.2. The van der Waals surface area contributed by atoms with Crippen LogP contribution in [0.25, 0.3) is 0 Å². The molecule has 1 aromatic carbocycles. The third-order valence-electron chi connectivity index (χ3n) is 2.60. The number of nitrogens with zero attached hydrogens (tertiary/aromatic N) is 1. The second-order valence-corrected chi connectivity index (χ2v) is 7.85. The summed E-state index contributed by atoms with van der Waals surface area (Å²) < 4.78 is 24.3. The van der Waals surface area contributed by atoms with E-state index >= 15 is 0 Å². The number of aryl methyl sites for hydroxylation is 3. The van der Waals surface area contributed by atoms with Crippen molar-refractivity contribution in [2.75, 3.05) is 0 Å². The average Bonchev–Trinajstić information content (AvgIpc) is 2.57. The molecular formula is C12H14N2O2S2. The topological polar surface area (TPSA) is 62.8 Å². The van der Waals surface area contributed by atoms with Crippen molar-refractivity contribution in [1.82, 2.24) is 9.97 Å². The van der Waals surface area contributed by atoms with Crippen molar-refractivity contribution in [3.63, 3.8) is 0 Å². The van der Waals surface area contributed by atoms with E-state index in [-0.39, 0.29) is 0 Å². The Labute approximate surface area is 110 Å². The van der Waals surface area contributed by atoms with Crippen LogP contribution in [-0.4, -0.2) is 18.4 Å². The van der Waals surface area contributed by atoms with Gasteiger partial charge in [0.25, 0.3) is 0 Å². The molecule has 0 bridgehead atoms. The number of benzene rings is 1. The molecule has 2 aromatic rings. The van der Waals surface area contributed by atoms with Crippen LogP contribution >= 0.6 is 10.8 Å². The minimum Gasteiger partial charge on any atom is -0.336 e. The molecule has 0 unspecified atom stereocenters. The zero-order valence-corrected chi connectivity index (χ0v) is 12.0. The van der Waals surface area contributed by atoms with Crippen molar-refractivity contribution in [3.05, 3.63) is 41.2 Å². The molecular weight excluding hydrogens is 268 g/mol. The Hall–Kier alpha value is -1.27. The van der Waals surface area contributed by atoms with E-state index < -0.39 is 8.87 Å². The van der Waals surface area contributed by atoms with E-state index in [9.17, 15) is 8.42 Å². The quantitative estimate of drug-likeness (QED) is 0.879. The highest BCUT2D eigenvalue weighted by Crippen LogP contribution is 2.29. The highest BCUT2D eigenvalue weighted by Gasteiger charge is 2.18. The summed E-state index contributed by atoms with van der Waals surface area (Å²) in [5.74, 6) is 0. The fraction of sp³-hybridized carbons (Fsp3) is 0.250. The largest absolute Gasteiger partial charge is 0.336 e. The van der Waals surface area contributed by atoms with Crippen LogP contribution in [0.1, 0.15) is 17.0 Å². The summed E-state index contributed by atoms with van der Waals surface area (Å²) in [5, 5.41) is 0.408. The van der Waals surface area contributed by atoms with E-state index in [1.165, 1.54) is 0 Å². The van der Waals surface area contributed by atoms with Crippen molar-refractivity contribution >= 4 is 19.7 Å². The Bertz CT molecular complexity index is 638. The van der Waals surface area contributed by atoms with Crippen LogP contribution < -0.4 is 0 Å². The molecule has 0 aliphatic rings. The molecule has 0 fully saturated rings. The van der Waals surface area contributed by atoms with Crippen molar-refractivity contribution in [3.8, 4) is 0 Å². The lowest BCUT2D eigenvalue weighted by Gasteiger charge is -2.01. The normalized spacial score (nSPS) is 11.7. The summed E-state index contributed by atoms with van der Waals surface area (Å²) in [5.41, 5.74) is 2.73. The molecule has 1 aromatic heterocycles. The zero-order valence-electron chi connectivity index (χ0n) is 10.4. The second kappa shape index (κ2) is 4.78. The number of hydrogen-bond acceptors (Lipinski definition) is 4. The maximum atomic E-state index is 12.1. The minimum absolute atomic E-state index is 0.296. The van der Waals surface area contributed by atoms with Crippen LogP contribution in [0.15, 0.2) is 34.3 Å². The molecule has 0 saturated heterocycles. The molecule has 4 nitrogen and oxygen atoms in total. The van der Waals surface area contributed by atoms with Crippen molar-refractivity contribution < 1.29 is 8.42 Å². The molecule has 0 saturated carbocycles. The molecule has 2 rings (SSSR count). The SMILES string of the molecule is Cc1ccc(S(=O)(=O)Sc2nc(C)c(C)[nH]2)cc1. The first-order chi connectivity index (χ1) is 8.38. The predicted octanol–water partition coefficient (Wildman–Crippen LogP) is 2.82. The number of rotatable bonds is 3. The fourth-order valence-electron chi connectivity index (χ4n) is 1.41. The molecule has 1 N–H and O–H groups in total. The molecule has 96 valence electrons. The van der Waals surface area contributed by atoms with Crippen LogP contribution in [0.4, 0.5) is 0 Å². The summed E-state index contributed by atoms with van der Waals surface area (Å²) >= 11 is 0. The van der Waals surface area contributed by atoms with E-state index in [4.69, 9.17) is 0 Å². The minimum atomic E-state index is -3.41. The predicted molar refractivity (Wildman–Crippen MR) is 72.3 cm³/mol. The van der Waals surface area contributed by atoms with E-state index in [0.717, 1.165) is 27.7 Å². The van der Waals surface area contributed by atoms with Crippen molar-refractivity contribution in [1.29, 1.82) is 0 Å². The highest BCUT2D eigenvalue weighted by molar-refractivity contribution is 8.72. The summed E-state index contributed by atoms with van der Waals surface area (Å²) in [7, 11) is -2.67. The van der Waals surface area contributed by atoms with E-state index in [2.05, 4.69) is 9.97 Å². The van der Waals surface area contributed by atoms with Gasteiger partial charge >= 0.3 is 0 Å². The van der Waals surface area contributed by atoms with Crippen molar-refractivity contribution in [2.45, 2.75) is 30.8 Å². The lowest BCUT2D eigenvalue weighted by molar-refractivity contribution is 0.610. The molecule has 18 heavy (non-hydrogen) atoms. The van der Waals surface area contributed by atoms with Crippen LogP contribution in [0.2, 0.25) is 0 Å². The molecule has 6 heteroatoms. The van der Waals surface area contributed by atoms with Gasteiger partial charge in [0.05, 0.1) is 10.6 Å². The molecule has 0 aliphatic heterocycles. The number of imidazole rings is 1. The molecule has 1 heterocycles. The van der Waals surface area contributed by atoms with E-state index in [0.29, 0.717) is 10.1 Å². The number of aromatic nitrogens is 2. The zero-order chi connectivity index (χ0) is 13.3. The van der Waals surface area contributed by atoms with Crippen LogP contribution in [0.5, 0.6) is 0 Å². The van der Waals surface area contributed by atoms with Gasteiger partial charge in [-0.25, -0.2) is 13.4 Å². The lowest BCUT2D eigenvalue weighted by Crippen LogP contribution is -1.95. The van der Waals surface area contributed by atoms with Gasteiger partial charge in [0.1, 0.15) is 0 Å². The Kier molecular flexibility index (Phi) is 3.49. The summed E-state index contributed by atoms with van der Waals surface area (Å²) in [4.78, 5) is 7.42. The third kappa shape index (κ3) is 2.76. The van der Waals surface area contributed by atoms with Crippen LogP contribution in [-0.2, 0) is 8.87 Å². The first-order valence-electron chi connectivity index (χ1n) is 5.43. The third-order valence-corrected chi connectivity index (χ3v) is 5.73. The number of H-pyrrole nitrogens is 1. The van der Waals surface area contributed by atoms with Crippen LogP contribution in [0, 0.1) is 20.8 Å².